The molecule has 8 heteroatoms. The van der Waals surface area contributed by atoms with Crippen molar-refractivity contribution in [2.75, 3.05) is 13.1 Å². The highest BCUT2D eigenvalue weighted by molar-refractivity contribution is 6.35. The van der Waals surface area contributed by atoms with Crippen LogP contribution < -0.4 is 10.1 Å². The first-order chi connectivity index (χ1) is 15.4. The van der Waals surface area contributed by atoms with Gasteiger partial charge in [-0.25, -0.2) is 9.78 Å². The van der Waals surface area contributed by atoms with Gasteiger partial charge < -0.3 is 14.8 Å². The van der Waals surface area contributed by atoms with E-state index in [9.17, 15) is 9.59 Å². The molecule has 1 unspecified atom stereocenters. The first-order valence-electron chi connectivity index (χ1n) is 10.3. The third-order valence-electron chi connectivity index (χ3n) is 5.84. The number of fused-ring (bicyclic) bond motifs is 2. The summed E-state index contributed by atoms with van der Waals surface area (Å²) in [4.78, 5) is 34.7. The van der Waals surface area contributed by atoms with Crippen molar-refractivity contribution in [2.45, 2.75) is 25.9 Å². The zero-order valence-electron chi connectivity index (χ0n) is 17.6. The number of hydrogen-bond donors (Lipinski definition) is 1. The van der Waals surface area contributed by atoms with Crippen LogP contribution in [0.1, 0.15) is 49.7 Å². The number of hydrogen-bond acceptors (Lipinski definition) is 7. The van der Waals surface area contributed by atoms with Crippen molar-refractivity contribution in [3.63, 3.8) is 0 Å². The Bertz CT molecular complexity index is 1270. The predicted octanol–water partition coefficient (Wildman–Crippen LogP) is 4.13. The zero-order chi connectivity index (χ0) is 22.5. The SMILES string of the molecule is Cc1cnc(C)c(Oc2ccc(C(=O)c3cccc4c3C(=O)OC43CCNC3)c(Cl)c2)n1. The van der Waals surface area contributed by atoms with E-state index in [-0.39, 0.29) is 21.9 Å². The molecule has 0 amide bonds. The molecule has 0 saturated carbocycles. The Labute approximate surface area is 189 Å². The van der Waals surface area contributed by atoms with Crippen LogP contribution in [0.2, 0.25) is 5.02 Å². The highest BCUT2D eigenvalue weighted by Gasteiger charge is 2.49. The van der Waals surface area contributed by atoms with E-state index in [0.29, 0.717) is 35.9 Å². The van der Waals surface area contributed by atoms with Crippen LogP contribution in [0.25, 0.3) is 0 Å². The van der Waals surface area contributed by atoms with Crippen LogP contribution in [0.15, 0.2) is 42.6 Å². The Morgan fingerprint density at radius 1 is 1.22 bits per heavy atom. The Morgan fingerprint density at radius 3 is 2.81 bits per heavy atom. The van der Waals surface area contributed by atoms with Crippen LogP contribution in [0.3, 0.4) is 0 Å². The van der Waals surface area contributed by atoms with Gasteiger partial charge in [-0.15, -0.1) is 0 Å². The van der Waals surface area contributed by atoms with Crippen molar-refractivity contribution >= 4 is 23.4 Å². The zero-order valence-corrected chi connectivity index (χ0v) is 18.3. The number of halogens is 1. The highest BCUT2D eigenvalue weighted by atomic mass is 35.5. The van der Waals surface area contributed by atoms with E-state index in [1.807, 2.05) is 13.0 Å². The van der Waals surface area contributed by atoms with Crippen LogP contribution >= 0.6 is 11.6 Å². The predicted molar refractivity (Wildman–Crippen MR) is 117 cm³/mol. The average Bonchev–Trinajstić information content (AvgIpc) is 3.35. The Morgan fingerprint density at radius 2 is 2.06 bits per heavy atom. The second-order valence-electron chi connectivity index (χ2n) is 8.01. The van der Waals surface area contributed by atoms with Gasteiger partial charge in [0.1, 0.15) is 5.75 Å². The van der Waals surface area contributed by atoms with Gasteiger partial charge in [0.15, 0.2) is 11.4 Å². The maximum absolute atomic E-state index is 13.4. The van der Waals surface area contributed by atoms with Crippen LogP contribution in [0.5, 0.6) is 11.6 Å². The van der Waals surface area contributed by atoms with Gasteiger partial charge in [0.2, 0.25) is 5.88 Å². The number of ketones is 1. The fraction of sp³-hybridized carbons (Fsp3) is 0.250. The molecular formula is C24H20ClN3O4. The minimum atomic E-state index is -0.698. The summed E-state index contributed by atoms with van der Waals surface area (Å²) in [6.07, 6.45) is 2.34. The molecule has 32 heavy (non-hydrogen) atoms. The molecule has 1 saturated heterocycles. The Kier molecular flexibility index (Phi) is 4.95. The number of nitrogens with zero attached hydrogens (tertiary/aromatic N) is 2. The molecule has 2 aromatic carbocycles. The van der Waals surface area contributed by atoms with Gasteiger partial charge >= 0.3 is 5.97 Å². The number of esters is 1. The topological polar surface area (TPSA) is 90.4 Å². The first kappa shape index (κ1) is 20.6. The maximum Gasteiger partial charge on any atom is 0.340 e. The van der Waals surface area contributed by atoms with Crippen LogP contribution in [-0.4, -0.2) is 34.8 Å². The molecule has 3 aromatic rings. The second-order valence-corrected chi connectivity index (χ2v) is 8.42. The van der Waals surface area contributed by atoms with E-state index in [1.165, 1.54) is 0 Å². The third-order valence-corrected chi connectivity index (χ3v) is 6.15. The molecule has 7 nitrogen and oxygen atoms in total. The number of rotatable bonds is 4. The Balaban J connectivity index is 1.48. The number of benzene rings is 2. The quantitative estimate of drug-likeness (QED) is 0.473. The monoisotopic (exact) mass is 449 g/mol. The van der Waals surface area contributed by atoms with Crippen LogP contribution in [-0.2, 0) is 10.3 Å². The summed E-state index contributed by atoms with van der Waals surface area (Å²) in [6.45, 7) is 4.91. The fourth-order valence-electron chi connectivity index (χ4n) is 4.22. The normalized spacial score (nSPS) is 19.2. The summed E-state index contributed by atoms with van der Waals surface area (Å²) in [5, 5.41) is 3.45. The smallest absolute Gasteiger partial charge is 0.340 e. The molecule has 1 N–H and O–H groups in total. The van der Waals surface area contributed by atoms with E-state index in [1.54, 1.807) is 43.5 Å². The molecule has 5 rings (SSSR count). The summed E-state index contributed by atoms with van der Waals surface area (Å²) in [5.41, 5.74) is 2.30. The van der Waals surface area contributed by atoms with Gasteiger partial charge in [-0.05, 0) is 32.5 Å². The van der Waals surface area contributed by atoms with E-state index in [2.05, 4.69) is 15.3 Å². The molecule has 0 aliphatic carbocycles. The molecule has 2 aliphatic heterocycles. The van der Waals surface area contributed by atoms with Crippen LogP contribution in [0, 0.1) is 13.8 Å². The van der Waals surface area contributed by atoms with Crippen molar-refractivity contribution in [1.29, 1.82) is 0 Å². The number of ether oxygens (including phenoxy) is 2. The van der Waals surface area contributed by atoms with Crippen molar-refractivity contribution in [3.05, 3.63) is 81.3 Å². The van der Waals surface area contributed by atoms with Crippen molar-refractivity contribution in [1.82, 2.24) is 15.3 Å². The lowest BCUT2D eigenvalue weighted by Crippen LogP contribution is -2.28. The second kappa shape index (κ2) is 7.69. The van der Waals surface area contributed by atoms with Gasteiger partial charge in [0.05, 0.1) is 22.0 Å². The number of nitrogens with one attached hydrogen (secondary N) is 1. The fourth-order valence-corrected chi connectivity index (χ4v) is 4.48. The summed E-state index contributed by atoms with van der Waals surface area (Å²) in [7, 11) is 0. The van der Waals surface area contributed by atoms with Gasteiger partial charge in [-0.2, -0.15) is 0 Å². The number of carbonyl (C=O) groups is 2. The molecular weight excluding hydrogens is 430 g/mol. The molecule has 1 aromatic heterocycles. The molecule has 1 atom stereocenters. The number of aromatic nitrogens is 2. The van der Waals surface area contributed by atoms with E-state index >= 15 is 0 Å². The summed E-state index contributed by atoms with van der Waals surface area (Å²) in [5.74, 6) is -0.00965. The van der Waals surface area contributed by atoms with E-state index in [4.69, 9.17) is 21.1 Å². The van der Waals surface area contributed by atoms with Crippen LogP contribution in [0.4, 0.5) is 0 Å². The summed E-state index contributed by atoms with van der Waals surface area (Å²) >= 11 is 6.46. The average molecular weight is 450 g/mol. The van der Waals surface area contributed by atoms with Gasteiger partial charge in [0.25, 0.3) is 0 Å². The molecule has 2 aliphatic rings. The molecule has 3 heterocycles. The third kappa shape index (κ3) is 3.34. The highest BCUT2D eigenvalue weighted by Crippen LogP contribution is 2.42. The van der Waals surface area contributed by atoms with E-state index in [0.717, 1.165) is 17.8 Å². The van der Waals surface area contributed by atoms with Gasteiger partial charge in [-0.3, -0.25) is 9.78 Å². The van der Waals surface area contributed by atoms with E-state index < -0.39 is 11.6 Å². The Hall–Kier alpha value is -3.29. The van der Waals surface area contributed by atoms with Gasteiger partial charge in [-0.1, -0.05) is 29.8 Å². The lowest BCUT2D eigenvalue weighted by Gasteiger charge is -2.21. The first-order valence-corrected chi connectivity index (χ1v) is 10.7. The largest absolute Gasteiger partial charge is 0.449 e. The minimum Gasteiger partial charge on any atom is -0.449 e. The van der Waals surface area contributed by atoms with Crippen molar-refractivity contribution in [3.8, 4) is 11.6 Å². The maximum atomic E-state index is 13.4. The number of carbonyl (C=O) groups excluding carboxylic acids is 2. The minimum absolute atomic E-state index is 0.215. The summed E-state index contributed by atoms with van der Waals surface area (Å²) in [6, 6.07) is 10.1. The standard InChI is InChI=1S/C24H20ClN3O4/c1-13-11-27-14(2)22(28-13)31-15-6-7-16(19(25)10-15)21(29)17-4-3-5-18-20(17)23(30)32-24(18)8-9-26-12-24/h3-7,10-11,26H,8-9,12H2,1-2H3. The van der Waals surface area contributed by atoms with Crippen molar-refractivity contribution in [2.24, 2.45) is 0 Å². The molecule has 0 bridgehead atoms. The summed E-state index contributed by atoms with van der Waals surface area (Å²) < 4.78 is 11.5. The van der Waals surface area contributed by atoms with Gasteiger partial charge in [0, 0.05) is 41.9 Å². The van der Waals surface area contributed by atoms with Crippen molar-refractivity contribution < 1.29 is 19.1 Å². The lowest BCUT2D eigenvalue weighted by atomic mass is 9.87. The molecule has 1 spiro atoms. The molecule has 162 valence electrons. The molecule has 0 radical (unpaired) electrons. The lowest BCUT2D eigenvalue weighted by molar-refractivity contribution is 0.00159. The number of aryl methyl sites for hydroxylation is 2. The molecule has 1 fully saturated rings.